The van der Waals surface area contributed by atoms with E-state index in [2.05, 4.69) is 166 Å². The summed E-state index contributed by atoms with van der Waals surface area (Å²) in [5.74, 6) is 0. The largest absolute Gasteiger partial charge is 0.245 e. The lowest BCUT2D eigenvalue weighted by Crippen LogP contribution is -1.93. The van der Waals surface area contributed by atoms with Gasteiger partial charge in [0, 0.05) is 21.9 Å². The summed E-state index contributed by atoms with van der Waals surface area (Å²) in [5.41, 5.74) is 17.7. The highest BCUT2D eigenvalue weighted by molar-refractivity contribution is 7.08. The molecule has 9 aromatic rings. The maximum absolute atomic E-state index is 4.64. The van der Waals surface area contributed by atoms with Gasteiger partial charge in [0.1, 0.15) is 0 Å². The molecule has 0 spiro atoms. The van der Waals surface area contributed by atoms with Gasteiger partial charge in [0.25, 0.3) is 0 Å². The Labute approximate surface area is 287 Å². The summed E-state index contributed by atoms with van der Waals surface area (Å²) in [6, 6.07) is 53.0. The second kappa shape index (κ2) is 12.2. The Morgan fingerprint density at radius 3 is 1.40 bits per heavy atom. The Hall–Kier alpha value is -5.68. The summed E-state index contributed by atoms with van der Waals surface area (Å²) in [6.45, 7) is 0. The molecule has 0 atom stereocenters. The van der Waals surface area contributed by atoms with Crippen LogP contribution in [0.3, 0.4) is 0 Å². The lowest BCUT2D eigenvalue weighted by atomic mass is 9.83. The van der Waals surface area contributed by atoms with Crippen LogP contribution in [0.4, 0.5) is 0 Å². The molecule has 2 nitrogen and oxygen atoms in total. The van der Waals surface area contributed by atoms with Crippen LogP contribution >= 0.6 is 22.7 Å². The lowest BCUT2D eigenvalue weighted by Gasteiger charge is -2.20. The van der Waals surface area contributed by atoms with E-state index in [0.29, 0.717) is 0 Å². The van der Waals surface area contributed by atoms with Crippen molar-refractivity contribution in [3.05, 3.63) is 167 Å². The van der Waals surface area contributed by atoms with E-state index in [-0.39, 0.29) is 0 Å². The summed E-state index contributed by atoms with van der Waals surface area (Å²) in [6.07, 6.45) is 0. The van der Waals surface area contributed by atoms with Gasteiger partial charge in [-0.15, -0.1) is 22.7 Å². The molecule has 0 amide bonds. The number of fused-ring (bicyclic) bond motifs is 2. The minimum Gasteiger partial charge on any atom is -0.245 e. The highest BCUT2D eigenvalue weighted by atomic mass is 32.1. The van der Waals surface area contributed by atoms with E-state index in [1.807, 2.05) is 11.0 Å². The SMILES string of the molecule is c1ccc(-c2ccccc2-c2ccc3c(-c4cccc(-c5cscn5)c4)c4ccccc4c(-c4cccc(-c5cscn5)c4)c3c2)cc1. The number of hydrogen-bond donors (Lipinski definition) is 0. The molecule has 7 aromatic carbocycles. The molecule has 0 aliphatic carbocycles. The Bertz CT molecular complexity index is 2550. The molecule has 0 fully saturated rings. The molecule has 9 rings (SSSR count). The molecule has 0 N–H and O–H groups in total. The van der Waals surface area contributed by atoms with Crippen LogP contribution < -0.4 is 0 Å². The van der Waals surface area contributed by atoms with Crippen LogP contribution in [0.2, 0.25) is 0 Å². The average Bonchev–Trinajstić information content (AvgIpc) is 3.90. The van der Waals surface area contributed by atoms with Gasteiger partial charge in [-0.3, -0.25) is 0 Å². The van der Waals surface area contributed by atoms with Crippen molar-refractivity contribution in [1.82, 2.24) is 9.97 Å². The average molecular weight is 649 g/mol. The number of benzene rings is 7. The van der Waals surface area contributed by atoms with Gasteiger partial charge in [-0.1, -0.05) is 127 Å². The summed E-state index contributed by atoms with van der Waals surface area (Å²) in [5, 5.41) is 9.13. The van der Waals surface area contributed by atoms with Crippen LogP contribution in [0.1, 0.15) is 0 Å². The third-order valence-corrected chi connectivity index (χ3v) is 10.3. The van der Waals surface area contributed by atoms with Crippen molar-refractivity contribution in [2.45, 2.75) is 0 Å². The topological polar surface area (TPSA) is 25.8 Å². The fourth-order valence-electron chi connectivity index (χ4n) is 6.95. The van der Waals surface area contributed by atoms with Crippen LogP contribution in [0, 0.1) is 0 Å². The zero-order valence-electron chi connectivity index (χ0n) is 25.9. The van der Waals surface area contributed by atoms with E-state index >= 15 is 0 Å². The molecule has 0 aliphatic rings. The predicted molar refractivity (Wildman–Crippen MR) is 205 cm³/mol. The second-order valence-corrected chi connectivity index (χ2v) is 13.3. The van der Waals surface area contributed by atoms with Crippen molar-refractivity contribution in [2.24, 2.45) is 0 Å². The normalized spacial score (nSPS) is 11.3. The first-order chi connectivity index (χ1) is 23.8. The number of hydrogen-bond acceptors (Lipinski definition) is 4. The maximum Gasteiger partial charge on any atom is 0.0811 e. The smallest absolute Gasteiger partial charge is 0.0811 e. The van der Waals surface area contributed by atoms with E-state index in [4.69, 9.17) is 0 Å². The van der Waals surface area contributed by atoms with Crippen LogP contribution in [-0.2, 0) is 0 Å². The van der Waals surface area contributed by atoms with Crippen molar-refractivity contribution < 1.29 is 0 Å². The molecule has 226 valence electrons. The first-order valence-electron chi connectivity index (χ1n) is 15.9. The van der Waals surface area contributed by atoms with E-state index in [1.54, 1.807) is 22.7 Å². The Morgan fingerprint density at radius 1 is 0.333 bits per heavy atom. The van der Waals surface area contributed by atoms with Gasteiger partial charge in [0.15, 0.2) is 0 Å². The van der Waals surface area contributed by atoms with Crippen molar-refractivity contribution in [3.63, 3.8) is 0 Å². The molecular formula is C44H28N2S2. The molecule has 0 bridgehead atoms. The first kappa shape index (κ1) is 28.5. The molecule has 2 aromatic heterocycles. The summed E-state index contributed by atoms with van der Waals surface area (Å²) < 4.78 is 0. The summed E-state index contributed by atoms with van der Waals surface area (Å²) >= 11 is 3.25. The van der Waals surface area contributed by atoms with E-state index < -0.39 is 0 Å². The van der Waals surface area contributed by atoms with Gasteiger partial charge < -0.3 is 0 Å². The number of rotatable bonds is 6. The molecule has 2 heterocycles. The molecule has 0 saturated carbocycles. The van der Waals surface area contributed by atoms with Gasteiger partial charge >= 0.3 is 0 Å². The highest BCUT2D eigenvalue weighted by Crippen LogP contribution is 2.46. The summed E-state index contributed by atoms with van der Waals surface area (Å²) in [4.78, 5) is 9.26. The molecule has 0 radical (unpaired) electrons. The number of thiazole rings is 2. The quantitative estimate of drug-likeness (QED) is 0.168. The van der Waals surface area contributed by atoms with Gasteiger partial charge in [0.2, 0.25) is 0 Å². The van der Waals surface area contributed by atoms with Gasteiger partial charge in [-0.05, 0) is 84.3 Å². The predicted octanol–water partition coefficient (Wildman–Crippen LogP) is 12.9. The maximum atomic E-state index is 4.64. The van der Waals surface area contributed by atoms with E-state index in [1.165, 1.54) is 66.1 Å². The van der Waals surface area contributed by atoms with Crippen LogP contribution in [-0.4, -0.2) is 9.97 Å². The third kappa shape index (κ3) is 5.03. The highest BCUT2D eigenvalue weighted by Gasteiger charge is 2.19. The molecule has 4 heteroatoms. The third-order valence-electron chi connectivity index (χ3n) is 9.11. The van der Waals surface area contributed by atoms with Crippen LogP contribution in [0.5, 0.6) is 0 Å². The van der Waals surface area contributed by atoms with Crippen LogP contribution in [0.15, 0.2) is 167 Å². The number of nitrogens with zero attached hydrogens (tertiary/aromatic N) is 2. The van der Waals surface area contributed by atoms with Crippen LogP contribution in [0.25, 0.3) is 88.6 Å². The molecule has 0 saturated heterocycles. The zero-order chi connectivity index (χ0) is 31.9. The van der Waals surface area contributed by atoms with Crippen molar-refractivity contribution >= 4 is 44.2 Å². The lowest BCUT2D eigenvalue weighted by molar-refractivity contribution is 1.41. The fourth-order valence-corrected chi connectivity index (χ4v) is 8.07. The van der Waals surface area contributed by atoms with Gasteiger partial charge in [-0.25, -0.2) is 9.97 Å². The Morgan fingerprint density at radius 2 is 0.812 bits per heavy atom. The molecule has 0 aliphatic heterocycles. The van der Waals surface area contributed by atoms with Gasteiger partial charge in [-0.2, -0.15) is 0 Å². The monoisotopic (exact) mass is 648 g/mol. The van der Waals surface area contributed by atoms with E-state index in [9.17, 15) is 0 Å². The number of aromatic nitrogens is 2. The molecule has 48 heavy (non-hydrogen) atoms. The minimum atomic E-state index is 1.00. The first-order valence-corrected chi connectivity index (χ1v) is 17.8. The molecule has 0 unspecified atom stereocenters. The van der Waals surface area contributed by atoms with Gasteiger partial charge in [0.05, 0.1) is 22.4 Å². The molecular weight excluding hydrogens is 621 g/mol. The second-order valence-electron chi connectivity index (χ2n) is 11.9. The fraction of sp³-hybridized carbons (Fsp3) is 0. The van der Waals surface area contributed by atoms with Crippen molar-refractivity contribution in [1.29, 1.82) is 0 Å². The minimum absolute atomic E-state index is 1.00. The Balaban J connectivity index is 1.36. The van der Waals surface area contributed by atoms with Crippen molar-refractivity contribution in [2.75, 3.05) is 0 Å². The summed E-state index contributed by atoms with van der Waals surface area (Å²) in [7, 11) is 0. The van der Waals surface area contributed by atoms with Crippen molar-refractivity contribution in [3.8, 4) is 67.0 Å². The van der Waals surface area contributed by atoms with E-state index in [0.717, 1.165) is 22.5 Å². The standard InChI is InChI=1S/C44H28N2S2/c1-2-10-29(11-3-1)35-16-4-5-17-36(35)30-20-21-39-40(24-30)44(34-15-9-13-32(23-34)42-26-48-28-46-42)38-19-7-6-18-37(38)43(39)33-14-8-12-31(22-33)41-25-47-27-45-41/h1-28H. The zero-order valence-corrected chi connectivity index (χ0v) is 27.5. The Kier molecular flexibility index (Phi) is 7.23.